The molecule has 1 aliphatic rings. The van der Waals surface area contributed by atoms with Crippen LogP contribution in [0.4, 0.5) is 10.2 Å². The van der Waals surface area contributed by atoms with E-state index in [1.54, 1.807) is 13.0 Å². The zero-order valence-corrected chi connectivity index (χ0v) is 13.5. The highest BCUT2D eigenvalue weighted by Crippen LogP contribution is 2.33. The third-order valence-corrected chi connectivity index (χ3v) is 5.72. The van der Waals surface area contributed by atoms with Crippen LogP contribution in [0.25, 0.3) is 5.52 Å². The summed E-state index contributed by atoms with van der Waals surface area (Å²) < 4.78 is 38.5. The van der Waals surface area contributed by atoms with Crippen molar-refractivity contribution in [2.75, 3.05) is 29.5 Å². The summed E-state index contributed by atoms with van der Waals surface area (Å²) in [5.41, 5.74) is 6.89. The van der Waals surface area contributed by atoms with Gasteiger partial charge in [-0.25, -0.2) is 17.3 Å². The molecular weight excluding hydrogens is 331 g/mol. The second-order valence-corrected chi connectivity index (χ2v) is 8.16. The lowest BCUT2D eigenvalue weighted by Gasteiger charge is -2.31. The lowest BCUT2D eigenvalue weighted by atomic mass is 10.1. The van der Waals surface area contributed by atoms with E-state index in [-0.39, 0.29) is 28.1 Å². The number of nitrogens with zero attached hydrogens (tertiary/aromatic N) is 3. The highest BCUT2D eigenvalue weighted by Gasteiger charge is 2.27. The summed E-state index contributed by atoms with van der Waals surface area (Å²) in [4.78, 5) is 1.87. The molecule has 0 spiro atoms. The predicted octanol–water partition coefficient (Wildman–Crippen LogP) is 1.38. The maximum atomic E-state index is 13.9. The predicted molar refractivity (Wildman–Crippen MR) is 83.6 cm³/mol. The molecule has 1 saturated heterocycles. The number of rotatable bonds is 2. The molecule has 0 unspecified atom stereocenters. The lowest BCUT2D eigenvalue weighted by Crippen LogP contribution is -2.42. The maximum Gasteiger partial charge on any atom is 0.170 e. The summed E-state index contributed by atoms with van der Waals surface area (Å²) in [5, 5.41) is 4.28. The van der Waals surface area contributed by atoms with Crippen LogP contribution < -0.4 is 10.6 Å². The first-order valence-electron chi connectivity index (χ1n) is 6.87. The van der Waals surface area contributed by atoms with Gasteiger partial charge in [0.1, 0.15) is 11.3 Å². The Labute approximate surface area is 132 Å². The van der Waals surface area contributed by atoms with Crippen molar-refractivity contribution in [3.63, 3.8) is 0 Å². The molecule has 3 heterocycles. The fourth-order valence-corrected chi connectivity index (χ4v) is 4.16. The number of nitrogens with two attached hydrogens (primary N) is 1. The molecule has 6 nitrogen and oxygen atoms in total. The highest BCUT2D eigenvalue weighted by atomic mass is 35.5. The summed E-state index contributed by atoms with van der Waals surface area (Å²) in [7, 11) is -3.02. The van der Waals surface area contributed by atoms with Gasteiger partial charge in [-0.05, 0) is 13.0 Å². The van der Waals surface area contributed by atoms with Gasteiger partial charge in [-0.1, -0.05) is 11.6 Å². The molecule has 0 radical (unpaired) electrons. The Morgan fingerprint density at radius 1 is 1.41 bits per heavy atom. The number of sulfone groups is 1. The molecule has 1 fully saturated rings. The minimum Gasteiger partial charge on any atom is -0.354 e. The van der Waals surface area contributed by atoms with E-state index in [2.05, 4.69) is 5.10 Å². The average Bonchev–Trinajstić information content (AvgIpc) is 2.82. The standard InChI is InChI=1S/C13H16ClFN4O2S/c1-8(16)9-6-10(14)12-11(15)7-17-19(12)13(9)18-2-4-22(20,21)5-3-18/h6-8H,2-5,16H2,1H3/t8-/m0/s1. The van der Waals surface area contributed by atoms with E-state index in [1.807, 2.05) is 4.90 Å². The Morgan fingerprint density at radius 2 is 2.05 bits per heavy atom. The average molecular weight is 347 g/mol. The van der Waals surface area contributed by atoms with Gasteiger partial charge >= 0.3 is 0 Å². The number of fused-ring (bicyclic) bond motifs is 1. The van der Waals surface area contributed by atoms with E-state index in [1.165, 1.54) is 4.52 Å². The minimum atomic E-state index is -3.02. The van der Waals surface area contributed by atoms with Crippen molar-refractivity contribution in [1.29, 1.82) is 0 Å². The van der Waals surface area contributed by atoms with Gasteiger partial charge in [0.15, 0.2) is 15.7 Å². The van der Waals surface area contributed by atoms with Crippen molar-refractivity contribution in [2.45, 2.75) is 13.0 Å². The fourth-order valence-electron chi connectivity index (χ4n) is 2.67. The molecule has 3 rings (SSSR count). The second kappa shape index (κ2) is 5.36. The highest BCUT2D eigenvalue weighted by molar-refractivity contribution is 7.91. The molecule has 9 heteroatoms. The van der Waals surface area contributed by atoms with Gasteiger partial charge in [0.2, 0.25) is 0 Å². The van der Waals surface area contributed by atoms with Crippen molar-refractivity contribution in [3.05, 3.63) is 28.7 Å². The van der Waals surface area contributed by atoms with Gasteiger partial charge in [0, 0.05) is 24.7 Å². The van der Waals surface area contributed by atoms with E-state index in [9.17, 15) is 12.8 Å². The summed E-state index contributed by atoms with van der Waals surface area (Å²) >= 11 is 6.14. The first kappa shape index (κ1) is 15.5. The molecular formula is C13H16ClFN4O2S. The molecule has 22 heavy (non-hydrogen) atoms. The van der Waals surface area contributed by atoms with E-state index in [0.29, 0.717) is 24.5 Å². The smallest absolute Gasteiger partial charge is 0.170 e. The van der Waals surface area contributed by atoms with Crippen LogP contribution in [0, 0.1) is 5.82 Å². The Bertz CT molecular complexity index is 820. The molecule has 120 valence electrons. The first-order chi connectivity index (χ1) is 10.3. The van der Waals surface area contributed by atoms with Crippen molar-refractivity contribution in [3.8, 4) is 0 Å². The number of halogens is 2. The van der Waals surface area contributed by atoms with Crippen LogP contribution in [0.1, 0.15) is 18.5 Å². The van der Waals surface area contributed by atoms with Crippen LogP contribution in [0.2, 0.25) is 5.02 Å². The van der Waals surface area contributed by atoms with Crippen LogP contribution in [-0.2, 0) is 9.84 Å². The van der Waals surface area contributed by atoms with Crippen molar-refractivity contribution in [1.82, 2.24) is 9.61 Å². The van der Waals surface area contributed by atoms with Crippen LogP contribution in [0.15, 0.2) is 12.3 Å². The molecule has 2 aromatic heterocycles. The Kier molecular flexibility index (Phi) is 3.78. The molecule has 1 aliphatic heterocycles. The number of pyridine rings is 1. The Morgan fingerprint density at radius 3 is 2.64 bits per heavy atom. The third-order valence-electron chi connectivity index (χ3n) is 3.83. The number of aromatic nitrogens is 2. The van der Waals surface area contributed by atoms with Gasteiger partial charge in [-0.3, -0.25) is 0 Å². The van der Waals surface area contributed by atoms with Crippen LogP contribution in [0.3, 0.4) is 0 Å². The topological polar surface area (TPSA) is 80.7 Å². The van der Waals surface area contributed by atoms with Crippen LogP contribution in [0.5, 0.6) is 0 Å². The zero-order chi connectivity index (χ0) is 16.1. The molecule has 0 bridgehead atoms. The summed E-state index contributed by atoms with van der Waals surface area (Å²) in [6.07, 6.45) is 1.09. The zero-order valence-electron chi connectivity index (χ0n) is 12.0. The summed E-state index contributed by atoms with van der Waals surface area (Å²) in [6, 6.07) is 1.28. The van der Waals surface area contributed by atoms with Crippen LogP contribution >= 0.6 is 11.6 Å². The third kappa shape index (κ3) is 2.55. The van der Waals surface area contributed by atoms with Crippen molar-refractivity contribution < 1.29 is 12.8 Å². The summed E-state index contributed by atoms with van der Waals surface area (Å²) in [5.74, 6) is 0.193. The molecule has 0 aliphatic carbocycles. The molecule has 0 amide bonds. The first-order valence-corrected chi connectivity index (χ1v) is 9.06. The Balaban J connectivity index is 2.18. The van der Waals surface area contributed by atoms with Crippen molar-refractivity contribution in [2.24, 2.45) is 5.73 Å². The molecule has 2 N–H and O–H groups in total. The normalized spacial score (nSPS) is 19.5. The Hall–Kier alpha value is -1.38. The van der Waals surface area contributed by atoms with Gasteiger partial charge in [0.05, 0.1) is 22.7 Å². The van der Waals surface area contributed by atoms with Gasteiger partial charge in [-0.15, -0.1) is 0 Å². The fraction of sp³-hybridized carbons (Fsp3) is 0.462. The van der Waals surface area contributed by atoms with E-state index in [0.717, 1.165) is 6.20 Å². The SMILES string of the molecule is C[C@H](N)c1cc(Cl)c2c(F)cnn2c1N1CCS(=O)(=O)CC1. The van der Waals surface area contributed by atoms with Crippen LogP contribution in [-0.4, -0.2) is 42.6 Å². The van der Waals surface area contributed by atoms with Gasteiger partial charge < -0.3 is 10.6 Å². The number of anilines is 1. The minimum absolute atomic E-state index is 0.0548. The van der Waals surface area contributed by atoms with E-state index in [4.69, 9.17) is 17.3 Å². The molecule has 0 saturated carbocycles. The lowest BCUT2D eigenvalue weighted by molar-refractivity contribution is 0.585. The van der Waals surface area contributed by atoms with Gasteiger partial charge in [-0.2, -0.15) is 5.10 Å². The quantitative estimate of drug-likeness (QED) is 0.888. The second-order valence-electron chi connectivity index (χ2n) is 5.45. The largest absolute Gasteiger partial charge is 0.354 e. The van der Waals surface area contributed by atoms with Crippen molar-refractivity contribution >= 4 is 32.8 Å². The molecule has 2 aromatic rings. The van der Waals surface area contributed by atoms with E-state index < -0.39 is 15.7 Å². The summed E-state index contributed by atoms with van der Waals surface area (Å²) in [6.45, 7) is 2.43. The molecule has 1 atom stereocenters. The maximum absolute atomic E-state index is 13.9. The van der Waals surface area contributed by atoms with Gasteiger partial charge in [0.25, 0.3) is 0 Å². The monoisotopic (exact) mass is 346 g/mol. The number of hydrogen-bond donors (Lipinski definition) is 1. The molecule has 0 aromatic carbocycles. The number of hydrogen-bond acceptors (Lipinski definition) is 5. The van der Waals surface area contributed by atoms with E-state index >= 15 is 0 Å².